The van der Waals surface area contributed by atoms with Crippen LogP contribution in [0.2, 0.25) is 0 Å². The Morgan fingerprint density at radius 2 is 1.81 bits per heavy atom. The second-order valence-corrected chi connectivity index (χ2v) is 6.71. The molecule has 0 unspecified atom stereocenters. The van der Waals surface area contributed by atoms with Crippen LogP contribution in [-0.2, 0) is 4.79 Å². The molecule has 1 fully saturated rings. The van der Waals surface area contributed by atoms with Crippen LogP contribution >= 0.6 is 0 Å². The number of para-hydroxylation sites is 1. The second-order valence-electron chi connectivity index (χ2n) is 6.71. The van der Waals surface area contributed by atoms with Crippen molar-refractivity contribution in [3.8, 4) is 11.4 Å². The summed E-state index contributed by atoms with van der Waals surface area (Å²) >= 11 is 0. The van der Waals surface area contributed by atoms with Crippen molar-refractivity contribution in [1.29, 1.82) is 0 Å². The number of rotatable bonds is 4. The number of primary amides is 1. The first-order valence-corrected chi connectivity index (χ1v) is 9.13. The van der Waals surface area contributed by atoms with Crippen molar-refractivity contribution in [1.82, 2.24) is 19.9 Å². The fourth-order valence-corrected chi connectivity index (χ4v) is 3.49. The van der Waals surface area contributed by atoms with Gasteiger partial charge >= 0.3 is 0 Å². The minimum absolute atomic E-state index is 0.282. The van der Waals surface area contributed by atoms with E-state index in [0.717, 1.165) is 54.9 Å². The van der Waals surface area contributed by atoms with Crippen LogP contribution in [0.5, 0.6) is 0 Å². The topological polar surface area (TPSA) is 88.2 Å². The molecular weight excluding hydrogens is 340 g/mol. The number of aromatic nitrogens is 3. The second kappa shape index (κ2) is 7.67. The largest absolute Gasteiger partial charge is 0.369 e. The number of pyridine rings is 1. The van der Waals surface area contributed by atoms with Gasteiger partial charge in [-0.1, -0.05) is 12.1 Å². The number of anilines is 1. The molecule has 0 spiro atoms. The summed E-state index contributed by atoms with van der Waals surface area (Å²) < 4.78 is 0. The number of amides is 1. The zero-order chi connectivity index (χ0) is 18.6. The van der Waals surface area contributed by atoms with Gasteiger partial charge in [0, 0.05) is 49.5 Å². The lowest BCUT2D eigenvalue weighted by molar-refractivity contribution is -0.119. The van der Waals surface area contributed by atoms with Gasteiger partial charge in [0.05, 0.1) is 12.1 Å². The average molecular weight is 362 g/mol. The molecule has 1 aliphatic rings. The van der Waals surface area contributed by atoms with Crippen molar-refractivity contribution in [2.24, 2.45) is 5.73 Å². The van der Waals surface area contributed by atoms with Crippen molar-refractivity contribution < 1.29 is 4.79 Å². The Labute approximate surface area is 157 Å². The SMILES string of the molecule is NC(=O)CN1CCCN(c2nc(-c3ccncc3)nc3ccccc23)CC1. The third kappa shape index (κ3) is 3.88. The monoisotopic (exact) mass is 362 g/mol. The van der Waals surface area contributed by atoms with Crippen LogP contribution in [0.3, 0.4) is 0 Å². The van der Waals surface area contributed by atoms with E-state index < -0.39 is 0 Å². The molecule has 0 radical (unpaired) electrons. The molecule has 1 aromatic carbocycles. The fraction of sp³-hybridized carbons (Fsp3) is 0.300. The van der Waals surface area contributed by atoms with E-state index >= 15 is 0 Å². The maximum absolute atomic E-state index is 11.2. The molecule has 4 rings (SSSR count). The minimum atomic E-state index is -0.282. The Morgan fingerprint density at radius 3 is 2.63 bits per heavy atom. The van der Waals surface area contributed by atoms with Crippen LogP contribution < -0.4 is 10.6 Å². The first-order valence-electron chi connectivity index (χ1n) is 9.13. The van der Waals surface area contributed by atoms with E-state index in [1.807, 2.05) is 30.3 Å². The van der Waals surface area contributed by atoms with Crippen LogP contribution in [0, 0.1) is 0 Å². The number of nitrogens with zero attached hydrogens (tertiary/aromatic N) is 5. The maximum atomic E-state index is 11.2. The Bertz CT molecular complexity index is 946. The Kier molecular flexibility index (Phi) is 4.93. The molecular formula is C20H22N6O. The molecule has 1 aliphatic heterocycles. The molecule has 0 aliphatic carbocycles. The van der Waals surface area contributed by atoms with Gasteiger partial charge in [0.15, 0.2) is 5.82 Å². The normalized spacial score (nSPS) is 15.6. The lowest BCUT2D eigenvalue weighted by Crippen LogP contribution is -2.37. The van der Waals surface area contributed by atoms with Crippen molar-refractivity contribution in [3.05, 3.63) is 48.8 Å². The quantitative estimate of drug-likeness (QED) is 0.760. The van der Waals surface area contributed by atoms with Crippen LogP contribution in [0.1, 0.15) is 6.42 Å². The van der Waals surface area contributed by atoms with Gasteiger partial charge in [-0.2, -0.15) is 0 Å². The van der Waals surface area contributed by atoms with Crippen molar-refractivity contribution in [2.75, 3.05) is 37.6 Å². The molecule has 0 atom stereocenters. The van der Waals surface area contributed by atoms with Crippen molar-refractivity contribution in [2.45, 2.75) is 6.42 Å². The molecule has 138 valence electrons. The summed E-state index contributed by atoms with van der Waals surface area (Å²) in [5, 5.41) is 1.04. The van der Waals surface area contributed by atoms with E-state index in [0.29, 0.717) is 12.4 Å². The van der Waals surface area contributed by atoms with Gasteiger partial charge in [-0.05, 0) is 30.7 Å². The summed E-state index contributed by atoms with van der Waals surface area (Å²) in [7, 11) is 0. The zero-order valence-corrected chi connectivity index (χ0v) is 15.1. The minimum Gasteiger partial charge on any atom is -0.369 e. The molecule has 2 N–H and O–H groups in total. The highest BCUT2D eigenvalue weighted by Gasteiger charge is 2.20. The molecule has 7 heteroatoms. The first kappa shape index (κ1) is 17.4. The zero-order valence-electron chi connectivity index (χ0n) is 15.1. The van der Waals surface area contributed by atoms with E-state index in [9.17, 15) is 4.79 Å². The molecule has 1 amide bonds. The van der Waals surface area contributed by atoms with Crippen LogP contribution in [0.25, 0.3) is 22.3 Å². The van der Waals surface area contributed by atoms with Crippen LogP contribution in [-0.4, -0.2) is 58.5 Å². The third-order valence-electron chi connectivity index (χ3n) is 4.79. The molecule has 0 saturated carbocycles. The summed E-state index contributed by atoms with van der Waals surface area (Å²) in [6, 6.07) is 11.9. The summed E-state index contributed by atoms with van der Waals surface area (Å²) in [6.45, 7) is 3.63. The Hall–Kier alpha value is -3.06. The van der Waals surface area contributed by atoms with Gasteiger partial charge in [0.1, 0.15) is 5.82 Å². The summed E-state index contributed by atoms with van der Waals surface area (Å²) in [5.74, 6) is 1.36. The van der Waals surface area contributed by atoms with E-state index in [2.05, 4.69) is 20.9 Å². The smallest absolute Gasteiger partial charge is 0.231 e. The van der Waals surface area contributed by atoms with Crippen LogP contribution in [0.4, 0.5) is 5.82 Å². The Morgan fingerprint density at radius 1 is 1.00 bits per heavy atom. The van der Waals surface area contributed by atoms with Crippen LogP contribution in [0.15, 0.2) is 48.8 Å². The van der Waals surface area contributed by atoms with Crippen molar-refractivity contribution >= 4 is 22.6 Å². The highest BCUT2D eigenvalue weighted by molar-refractivity contribution is 5.91. The number of hydrogen-bond acceptors (Lipinski definition) is 6. The number of carbonyl (C=O) groups is 1. The average Bonchev–Trinajstić information content (AvgIpc) is 2.93. The Balaban J connectivity index is 1.71. The van der Waals surface area contributed by atoms with Gasteiger partial charge in [-0.25, -0.2) is 9.97 Å². The van der Waals surface area contributed by atoms with Gasteiger partial charge in [-0.3, -0.25) is 14.7 Å². The summed E-state index contributed by atoms with van der Waals surface area (Å²) in [6.07, 6.45) is 4.46. The van der Waals surface area contributed by atoms with E-state index in [1.165, 1.54) is 0 Å². The highest BCUT2D eigenvalue weighted by atomic mass is 16.1. The third-order valence-corrected chi connectivity index (χ3v) is 4.79. The van der Waals surface area contributed by atoms with E-state index in [-0.39, 0.29) is 5.91 Å². The molecule has 1 saturated heterocycles. The summed E-state index contributed by atoms with van der Waals surface area (Å²) in [5.41, 5.74) is 7.23. The lowest BCUT2D eigenvalue weighted by atomic mass is 10.2. The standard InChI is InChI=1S/C20H22N6O/c21-18(27)14-25-10-3-11-26(13-12-25)20-16-4-1-2-5-17(16)23-19(24-20)15-6-8-22-9-7-15/h1-2,4-9H,3,10-14H2,(H2,21,27). The lowest BCUT2D eigenvalue weighted by Gasteiger charge is -2.24. The maximum Gasteiger partial charge on any atom is 0.231 e. The van der Waals surface area contributed by atoms with E-state index in [4.69, 9.17) is 15.7 Å². The van der Waals surface area contributed by atoms with Crippen molar-refractivity contribution in [3.63, 3.8) is 0 Å². The molecule has 7 nitrogen and oxygen atoms in total. The van der Waals surface area contributed by atoms with Gasteiger partial charge in [-0.15, -0.1) is 0 Å². The first-order chi connectivity index (χ1) is 13.2. The number of hydrogen-bond donors (Lipinski definition) is 1. The predicted octanol–water partition coefficient (Wildman–Crippen LogP) is 1.69. The summed E-state index contributed by atoms with van der Waals surface area (Å²) in [4.78, 5) is 29.4. The highest BCUT2D eigenvalue weighted by Crippen LogP contribution is 2.28. The number of benzene rings is 1. The fourth-order valence-electron chi connectivity index (χ4n) is 3.49. The molecule has 27 heavy (non-hydrogen) atoms. The molecule has 2 aromatic heterocycles. The molecule has 3 aromatic rings. The van der Waals surface area contributed by atoms with Gasteiger partial charge in [0.2, 0.25) is 5.91 Å². The predicted molar refractivity (Wildman–Crippen MR) is 105 cm³/mol. The number of fused-ring (bicyclic) bond motifs is 1. The van der Waals surface area contributed by atoms with E-state index in [1.54, 1.807) is 12.4 Å². The molecule has 0 bridgehead atoms. The molecule has 3 heterocycles. The van der Waals surface area contributed by atoms with Gasteiger partial charge < -0.3 is 10.6 Å². The number of carbonyl (C=O) groups excluding carboxylic acids is 1. The number of nitrogens with two attached hydrogens (primary N) is 1. The van der Waals surface area contributed by atoms with Gasteiger partial charge in [0.25, 0.3) is 0 Å².